The van der Waals surface area contributed by atoms with Gasteiger partial charge in [0.05, 0.1) is 6.54 Å². The summed E-state index contributed by atoms with van der Waals surface area (Å²) >= 11 is 0. The quantitative estimate of drug-likeness (QED) is 0.793. The SMILES string of the molecule is Cc1ccc(OCCNC(=O)CCc2ccccc2F)c(C)c1. The zero-order valence-electron chi connectivity index (χ0n) is 13.6. The Hall–Kier alpha value is -2.36. The number of ether oxygens (including phenoxy) is 1. The number of rotatable bonds is 7. The Morgan fingerprint density at radius 1 is 1.17 bits per heavy atom. The maximum Gasteiger partial charge on any atom is 0.220 e. The number of aryl methyl sites for hydroxylation is 3. The zero-order chi connectivity index (χ0) is 16.7. The van der Waals surface area contributed by atoms with Crippen molar-refractivity contribution in [3.8, 4) is 5.75 Å². The molecular weight excluding hydrogens is 293 g/mol. The number of carbonyl (C=O) groups excluding carboxylic acids is 1. The molecule has 0 bridgehead atoms. The molecule has 2 aromatic rings. The highest BCUT2D eigenvalue weighted by Crippen LogP contribution is 2.18. The molecule has 0 aliphatic carbocycles. The lowest BCUT2D eigenvalue weighted by atomic mass is 10.1. The van der Waals surface area contributed by atoms with Gasteiger partial charge in [-0.05, 0) is 43.5 Å². The zero-order valence-corrected chi connectivity index (χ0v) is 13.6. The molecule has 0 aromatic heterocycles. The third kappa shape index (κ3) is 5.40. The highest BCUT2D eigenvalue weighted by atomic mass is 19.1. The van der Waals surface area contributed by atoms with Gasteiger partial charge in [0.15, 0.2) is 0 Å². The van der Waals surface area contributed by atoms with E-state index in [4.69, 9.17) is 4.74 Å². The maximum atomic E-state index is 13.4. The van der Waals surface area contributed by atoms with Crippen molar-refractivity contribution < 1.29 is 13.9 Å². The molecule has 0 saturated heterocycles. The second-order valence-electron chi connectivity index (χ2n) is 5.56. The topological polar surface area (TPSA) is 38.3 Å². The summed E-state index contributed by atoms with van der Waals surface area (Å²) in [5.41, 5.74) is 2.83. The summed E-state index contributed by atoms with van der Waals surface area (Å²) in [6.45, 7) is 4.88. The molecule has 0 spiro atoms. The van der Waals surface area contributed by atoms with E-state index in [1.807, 2.05) is 26.0 Å². The molecule has 0 aliphatic heterocycles. The predicted molar refractivity (Wildman–Crippen MR) is 89.1 cm³/mol. The van der Waals surface area contributed by atoms with Crippen LogP contribution in [0.2, 0.25) is 0 Å². The average Bonchev–Trinajstić information content (AvgIpc) is 2.52. The minimum Gasteiger partial charge on any atom is -0.491 e. The number of halogens is 1. The van der Waals surface area contributed by atoms with Crippen molar-refractivity contribution in [3.63, 3.8) is 0 Å². The summed E-state index contributed by atoms with van der Waals surface area (Å²) in [7, 11) is 0. The van der Waals surface area contributed by atoms with E-state index >= 15 is 0 Å². The van der Waals surface area contributed by atoms with Crippen molar-refractivity contribution in [2.75, 3.05) is 13.2 Å². The summed E-state index contributed by atoms with van der Waals surface area (Å²) in [6, 6.07) is 12.5. The number of benzene rings is 2. The molecule has 0 aliphatic rings. The van der Waals surface area contributed by atoms with Crippen LogP contribution in [0.3, 0.4) is 0 Å². The van der Waals surface area contributed by atoms with E-state index in [2.05, 4.69) is 11.4 Å². The van der Waals surface area contributed by atoms with E-state index in [0.717, 1.165) is 11.3 Å². The first-order valence-corrected chi connectivity index (χ1v) is 7.76. The van der Waals surface area contributed by atoms with E-state index < -0.39 is 0 Å². The standard InChI is InChI=1S/C19H22FNO2/c1-14-7-9-18(15(2)13-14)23-12-11-21-19(22)10-8-16-5-3-4-6-17(16)20/h3-7,9,13H,8,10-12H2,1-2H3,(H,21,22). The summed E-state index contributed by atoms with van der Waals surface area (Å²) in [4.78, 5) is 11.8. The average molecular weight is 315 g/mol. The van der Waals surface area contributed by atoms with Crippen LogP contribution in [0.25, 0.3) is 0 Å². The normalized spacial score (nSPS) is 10.4. The van der Waals surface area contributed by atoms with Crippen molar-refractivity contribution >= 4 is 5.91 Å². The molecule has 1 amide bonds. The van der Waals surface area contributed by atoms with Crippen LogP contribution in [0, 0.1) is 19.7 Å². The van der Waals surface area contributed by atoms with Crippen LogP contribution in [-0.2, 0) is 11.2 Å². The van der Waals surface area contributed by atoms with Crippen LogP contribution in [0.15, 0.2) is 42.5 Å². The van der Waals surface area contributed by atoms with Gasteiger partial charge in [-0.25, -0.2) is 4.39 Å². The van der Waals surface area contributed by atoms with Gasteiger partial charge in [0, 0.05) is 6.42 Å². The summed E-state index contributed by atoms with van der Waals surface area (Å²) in [5, 5.41) is 2.79. The first-order valence-electron chi connectivity index (χ1n) is 7.76. The van der Waals surface area contributed by atoms with Gasteiger partial charge in [-0.15, -0.1) is 0 Å². The molecule has 3 nitrogen and oxygen atoms in total. The highest BCUT2D eigenvalue weighted by Gasteiger charge is 2.05. The third-order valence-electron chi connectivity index (χ3n) is 3.59. The van der Waals surface area contributed by atoms with Gasteiger partial charge in [0.1, 0.15) is 18.2 Å². The van der Waals surface area contributed by atoms with Gasteiger partial charge in [-0.3, -0.25) is 4.79 Å². The number of amides is 1. The molecule has 4 heteroatoms. The Bertz CT molecular complexity index is 670. The molecule has 2 aromatic carbocycles. The summed E-state index contributed by atoms with van der Waals surface area (Å²) in [6.07, 6.45) is 0.668. The molecule has 0 unspecified atom stereocenters. The van der Waals surface area contributed by atoms with Crippen LogP contribution < -0.4 is 10.1 Å². The molecule has 23 heavy (non-hydrogen) atoms. The van der Waals surface area contributed by atoms with Crippen LogP contribution in [0.5, 0.6) is 5.75 Å². The fourth-order valence-electron chi connectivity index (χ4n) is 2.35. The first kappa shape index (κ1) is 17.0. The third-order valence-corrected chi connectivity index (χ3v) is 3.59. The molecule has 2 rings (SSSR count). The highest BCUT2D eigenvalue weighted by molar-refractivity contribution is 5.76. The molecule has 1 N–H and O–H groups in total. The molecule has 122 valence electrons. The number of hydrogen-bond donors (Lipinski definition) is 1. The molecule has 0 radical (unpaired) electrons. The molecule has 0 atom stereocenters. The monoisotopic (exact) mass is 315 g/mol. The lowest BCUT2D eigenvalue weighted by Crippen LogP contribution is -2.28. The number of carbonyl (C=O) groups is 1. The number of hydrogen-bond acceptors (Lipinski definition) is 2. The predicted octanol–water partition coefficient (Wildman–Crippen LogP) is 3.57. The Labute approximate surface area is 136 Å². The van der Waals surface area contributed by atoms with E-state index in [-0.39, 0.29) is 18.1 Å². The van der Waals surface area contributed by atoms with Crippen molar-refractivity contribution in [1.29, 1.82) is 0 Å². The smallest absolute Gasteiger partial charge is 0.220 e. The van der Waals surface area contributed by atoms with Crippen LogP contribution >= 0.6 is 0 Å². The van der Waals surface area contributed by atoms with Crippen molar-refractivity contribution in [2.24, 2.45) is 0 Å². The Morgan fingerprint density at radius 2 is 1.96 bits per heavy atom. The van der Waals surface area contributed by atoms with E-state index in [1.54, 1.807) is 18.2 Å². The Kier molecular flexibility index (Phi) is 6.15. The Balaban J connectivity index is 1.68. The van der Waals surface area contributed by atoms with Gasteiger partial charge in [0.25, 0.3) is 0 Å². The van der Waals surface area contributed by atoms with Gasteiger partial charge in [-0.1, -0.05) is 35.9 Å². The first-order chi connectivity index (χ1) is 11.1. The molecular formula is C19H22FNO2. The number of nitrogens with one attached hydrogen (secondary N) is 1. The fraction of sp³-hybridized carbons (Fsp3) is 0.316. The second-order valence-corrected chi connectivity index (χ2v) is 5.56. The van der Waals surface area contributed by atoms with E-state index in [9.17, 15) is 9.18 Å². The molecule has 0 saturated carbocycles. The van der Waals surface area contributed by atoms with E-state index in [1.165, 1.54) is 11.6 Å². The van der Waals surface area contributed by atoms with Gasteiger partial charge >= 0.3 is 0 Å². The minimum atomic E-state index is -0.265. The van der Waals surface area contributed by atoms with Gasteiger partial charge in [0.2, 0.25) is 5.91 Å². The van der Waals surface area contributed by atoms with Crippen molar-refractivity contribution in [2.45, 2.75) is 26.7 Å². The Morgan fingerprint density at radius 3 is 2.70 bits per heavy atom. The molecule has 0 heterocycles. The minimum absolute atomic E-state index is 0.0996. The lowest BCUT2D eigenvalue weighted by molar-refractivity contribution is -0.121. The van der Waals surface area contributed by atoms with Crippen LogP contribution in [0.1, 0.15) is 23.1 Å². The molecule has 0 fully saturated rings. The van der Waals surface area contributed by atoms with E-state index in [0.29, 0.717) is 25.1 Å². The summed E-state index contributed by atoms with van der Waals surface area (Å²) < 4.78 is 19.1. The fourth-order valence-corrected chi connectivity index (χ4v) is 2.35. The lowest BCUT2D eigenvalue weighted by Gasteiger charge is -2.10. The largest absolute Gasteiger partial charge is 0.491 e. The van der Waals surface area contributed by atoms with Crippen LogP contribution in [0.4, 0.5) is 4.39 Å². The van der Waals surface area contributed by atoms with Gasteiger partial charge < -0.3 is 10.1 Å². The summed E-state index contributed by atoms with van der Waals surface area (Å²) in [5.74, 6) is 0.465. The van der Waals surface area contributed by atoms with Crippen LogP contribution in [-0.4, -0.2) is 19.1 Å². The maximum absolute atomic E-state index is 13.4. The van der Waals surface area contributed by atoms with Crippen molar-refractivity contribution in [3.05, 3.63) is 65.0 Å². The van der Waals surface area contributed by atoms with Crippen molar-refractivity contribution in [1.82, 2.24) is 5.32 Å². The van der Waals surface area contributed by atoms with Gasteiger partial charge in [-0.2, -0.15) is 0 Å². The second kappa shape index (κ2) is 8.32.